The molecule has 4 N–H and O–H groups in total. The van der Waals surface area contributed by atoms with Gasteiger partial charge in [-0.25, -0.2) is 0 Å². The highest BCUT2D eigenvalue weighted by atomic mass is 16.4. The molecule has 0 radical (unpaired) electrons. The normalized spacial score (nSPS) is 10.1. The van der Waals surface area contributed by atoms with Gasteiger partial charge in [-0.05, 0) is 29.3 Å². The fraction of sp³-hybridized carbons (Fsp3) is 0.125. The van der Waals surface area contributed by atoms with Gasteiger partial charge in [0.15, 0.2) is 0 Å². The lowest BCUT2D eigenvalue weighted by Crippen LogP contribution is -2.16. The van der Waals surface area contributed by atoms with Crippen LogP contribution in [0.3, 0.4) is 0 Å². The minimum absolute atomic E-state index is 0.127. The molecule has 2 aromatic carbocycles. The Morgan fingerprint density at radius 3 is 2.33 bits per heavy atom. The summed E-state index contributed by atoms with van der Waals surface area (Å²) in [6.07, 6.45) is 0.0833. The number of carbonyl (C=O) groups is 2. The fourth-order valence-corrected chi connectivity index (χ4v) is 1.97. The molecule has 2 rings (SSSR count). The molecule has 0 unspecified atom stereocenters. The number of nitrogen functional groups attached to an aromatic ring is 1. The summed E-state index contributed by atoms with van der Waals surface area (Å²) >= 11 is 0. The summed E-state index contributed by atoms with van der Waals surface area (Å²) in [6, 6.07) is 13.9. The van der Waals surface area contributed by atoms with Crippen molar-refractivity contribution < 1.29 is 14.7 Å². The van der Waals surface area contributed by atoms with E-state index in [1.54, 1.807) is 48.5 Å². The molecule has 0 spiro atoms. The molecule has 0 saturated heterocycles. The second-order valence-electron chi connectivity index (χ2n) is 4.69. The van der Waals surface area contributed by atoms with E-state index in [9.17, 15) is 9.59 Å². The van der Waals surface area contributed by atoms with E-state index in [0.717, 1.165) is 5.56 Å². The third kappa shape index (κ3) is 4.35. The monoisotopic (exact) mass is 284 g/mol. The third-order valence-electron chi connectivity index (χ3n) is 2.98. The van der Waals surface area contributed by atoms with Crippen LogP contribution in [0.5, 0.6) is 0 Å². The zero-order chi connectivity index (χ0) is 15.2. The number of nitrogens with one attached hydrogen (secondary N) is 1. The topological polar surface area (TPSA) is 92.4 Å². The van der Waals surface area contributed by atoms with Crippen molar-refractivity contribution in [3.05, 3.63) is 59.7 Å². The molecule has 0 aromatic heterocycles. The lowest BCUT2D eigenvalue weighted by molar-refractivity contribution is -0.136. The van der Waals surface area contributed by atoms with Gasteiger partial charge < -0.3 is 16.2 Å². The van der Waals surface area contributed by atoms with Crippen molar-refractivity contribution in [3.63, 3.8) is 0 Å². The maximum Gasteiger partial charge on any atom is 0.307 e. The van der Waals surface area contributed by atoms with E-state index < -0.39 is 5.97 Å². The van der Waals surface area contributed by atoms with E-state index in [4.69, 9.17) is 10.8 Å². The Bertz CT molecular complexity index is 651. The summed E-state index contributed by atoms with van der Waals surface area (Å²) in [4.78, 5) is 22.8. The Hall–Kier alpha value is -2.82. The quantitative estimate of drug-likeness (QED) is 0.733. The maximum absolute atomic E-state index is 12.0. The van der Waals surface area contributed by atoms with Crippen LogP contribution in [0.15, 0.2) is 48.5 Å². The van der Waals surface area contributed by atoms with Gasteiger partial charge in [-0.1, -0.05) is 30.3 Å². The Morgan fingerprint density at radius 1 is 1.00 bits per heavy atom. The van der Waals surface area contributed by atoms with Crippen LogP contribution in [0.1, 0.15) is 11.1 Å². The smallest absolute Gasteiger partial charge is 0.307 e. The number of hydrogen-bond donors (Lipinski definition) is 3. The van der Waals surface area contributed by atoms with Crippen LogP contribution in [0.25, 0.3) is 0 Å². The number of carboxylic acids is 1. The molecule has 0 aliphatic rings. The van der Waals surface area contributed by atoms with Gasteiger partial charge >= 0.3 is 5.97 Å². The van der Waals surface area contributed by atoms with E-state index in [0.29, 0.717) is 16.9 Å². The molecule has 1 amide bonds. The summed E-state index contributed by atoms with van der Waals surface area (Å²) in [7, 11) is 0. The Morgan fingerprint density at radius 2 is 1.67 bits per heavy atom. The molecule has 0 heterocycles. The second-order valence-corrected chi connectivity index (χ2v) is 4.69. The average molecular weight is 284 g/mol. The maximum atomic E-state index is 12.0. The molecule has 108 valence electrons. The highest BCUT2D eigenvalue weighted by Crippen LogP contribution is 2.16. The Balaban J connectivity index is 2.05. The zero-order valence-corrected chi connectivity index (χ0v) is 11.4. The predicted octanol–water partition coefficient (Wildman–Crippen LogP) is 2.08. The number of anilines is 2. The van der Waals surface area contributed by atoms with Crippen LogP contribution in [0, 0.1) is 0 Å². The number of nitrogens with two attached hydrogens (primary N) is 1. The van der Waals surface area contributed by atoms with Crippen molar-refractivity contribution in [2.24, 2.45) is 0 Å². The second kappa shape index (κ2) is 6.56. The average Bonchev–Trinajstić information content (AvgIpc) is 2.43. The van der Waals surface area contributed by atoms with E-state index in [2.05, 4.69) is 5.32 Å². The van der Waals surface area contributed by atoms with E-state index >= 15 is 0 Å². The van der Waals surface area contributed by atoms with Crippen molar-refractivity contribution >= 4 is 23.3 Å². The fourth-order valence-electron chi connectivity index (χ4n) is 1.97. The number of benzene rings is 2. The van der Waals surface area contributed by atoms with Gasteiger partial charge in [0, 0.05) is 11.4 Å². The van der Waals surface area contributed by atoms with Crippen molar-refractivity contribution in [3.8, 4) is 0 Å². The molecule has 0 aliphatic carbocycles. The third-order valence-corrected chi connectivity index (χ3v) is 2.98. The van der Waals surface area contributed by atoms with Gasteiger partial charge in [0.25, 0.3) is 0 Å². The first-order valence-corrected chi connectivity index (χ1v) is 6.48. The number of amides is 1. The highest BCUT2D eigenvalue weighted by molar-refractivity contribution is 5.93. The van der Waals surface area contributed by atoms with Gasteiger partial charge in [-0.3, -0.25) is 9.59 Å². The van der Waals surface area contributed by atoms with Crippen molar-refractivity contribution in [1.82, 2.24) is 0 Å². The SMILES string of the molecule is Nc1ccc(CC(=O)Nc2ccccc2CC(=O)O)cc1. The summed E-state index contributed by atoms with van der Waals surface area (Å²) in [5.41, 5.74) is 8.19. The molecule has 0 saturated carbocycles. The molecule has 0 fully saturated rings. The molecule has 0 aliphatic heterocycles. The van der Waals surface area contributed by atoms with Gasteiger partial charge in [-0.15, -0.1) is 0 Å². The lowest BCUT2D eigenvalue weighted by Gasteiger charge is -2.10. The molecule has 0 bridgehead atoms. The molecule has 5 heteroatoms. The van der Waals surface area contributed by atoms with Crippen molar-refractivity contribution in [2.75, 3.05) is 11.1 Å². The van der Waals surface area contributed by atoms with E-state index in [-0.39, 0.29) is 18.7 Å². The molecule has 2 aromatic rings. The van der Waals surface area contributed by atoms with Crippen LogP contribution in [-0.4, -0.2) is 17.0 Å². The summed E-state index contributed by atoms with van der Waals surface area (Å²) < 4.78 is 0. The Labute approximate surface area is 122 Å². The van der Waals surface area contributed by atoms with Gasteiger partial charge in [-0.2, -0.15) is 0 Å². The van der Waals surface area contributed by atoms with Crippen molar-refractivity contribution in [2.45, 2.75) is 12.8 Å². The zero-order valence-electron chi connectivity index (χ0n) is 11.4. The number of carboxylic acid groups (broad SMARTS) is 1. The lowest BCUT2D eigenvalue weighted by atomic mass is 10.1. The first-order chi connectivity index (χ1) is 10.0. The first kappa shape index (κ1) is 14.6. The number of aliphatic carboxylic acids is 1. The number of carbonyl (C=O) groups excluding carboxylic acids is 1. The molecular weight excluding hydrogens is 268 g/mol. The molecule has 21 heavy (non-hydrogen) atoms. The van der Waals surface area contributed by atoms with Crippen molar-refractivity contribution in [1.29, 1.82) is 0 Å². The highest BCUT2D eigenvalue weighted by Gasteiger charge is 2.09. The van der Waals surface area contributed by atoms with Gasteiger partial charge in [0.1, 0.15) is 0 Å². The van der Waals surface area contributed by atoms with E-state index in [1.807, 2.05) is 0 Å². The molecule has 5 nitrogen and oxygen atoms in total. The largest absolute Gasteiger partial charge is 0.481 e. The summed E-state index contributed by atoms with van der Waals surface area (Å²) in [5.74, 6) is -1.13. The van der Waals surface area contributed by atoms with Crippen LogP contribution in [0.2, 0.25) is 0 Å². The number of rotatable bonds is 5. The minimum atomic E-state index is -0.935. The minimum Gasteiger partial charge on any atom is -0.481 e. The predicted molar refractivity (Wildman–Crippen MR) is 81.0 cm³/mol. The molecular formula is C16H16N2O3. The van der Waals surface area contributed by atoms with Crippen LogP contribution in [0.4, 0.5) is 11.4 Å². The van der Waals surface area contributed by atoms with Crippen LogP contribution < -0.4 is 11.1 Å². The Kier molecular flexibility index (Phi) is 4.56. The first-order valence-electron chi connectivity index (χ1n) is 6.48. The standard InChI is InChI=1S/C16H16N2O3/c17-13-7-5-11(6-8-13)9-15(19)18-14-4-2-1-3-12(14)10-16(20)21/h1-8H,9-10,17H2,(H,18,19)(H,20,21). The van der Waals surface area contributed by atoms with E-state index in [1.165, 1.54) is 0 Å². The van der Waals surface area contributed by atoms with Gasteiger partial charge in [0.2, 0.25) is 5.91 Å². The van der Waals surface area contributed by atoms with Gasteiger partial charge in [0.05, 0.1) is 12.8 Å². The number of para-hydroxylation sites is 1. The molecule has 0 atom stereocenters. The number of hydrogen-bond acceptors (Lipinski definition) is 3. The summed E-state index contributed by atoms with van der Waals surface area (Å²) in [5, 5.41) is 11.6. The summed E-state index contributed by atoms with van der Waals surface area (Å²) in [6.45, 7) is 0. The van der Waals surface area contributed by atoms with Crippen LogP contribution >= 0.6 is 0 Å². The van der Waals surface area contributed by atoms with Crippen LogP contribution in [-0.2, 0) is 22.4 Å².